The van der Waals surface area contributed by atoms with Gasteiger partial charge in [-0.1, -0.05) is 13.3 Å². The van der Waals surface area contributed by atoms with Crippen molar-refractivity contribution < 1.29 is 9.18 Å². The minimum atomic E-state index is -1.56. The Bertz CT molecular complexity index is 352. The van der Waals surface area contributed by atoms with Crippen LogP contribution in [-0.2, 0) is 4.79 Å². The van der Waals surface area contributed by atoms with Crippen molar-refractivity contribution in [3.8, 4) is 0 Å². The van der Waals surface area contributed by atoms with Crippen molar-refractivity contribution in [2.75, 3.05) is 6.54 Å². The Kier molecular flexibility index (Phi) is 3.00. The maximum absolute atomic E-state index is 14.8. The van der Waals surface area contributed by atoms with Crippen LogP contribution in [0.25, 0.3) is 0 Å². The maximum Gasteiger partial charge on any atom is 0.182 e. The van der Waals surface area contributed by atoms with Gasteiger partial charge in [0, 0.05) is 24.9 Å². The highest BCUT2D eigenvalue weighted by Gasteiger charge is 2.54. The molecule has 0 radical (unpaired) electrons. The third kappa shape index (κ3) is 2.11. The summed E-state index contributed by atoms with van der Waals surface area (Å²) < 4.78 is 14.8. The van der Waals surface area contributed by atoms with Crippen molar-refractivity contribution in [2.45, 2.75) is 69.5 Å². The van der Waals surface area contributed by atoms with Crippen LogP contribution in [0.2, 0.25) is 0 Å². The molecule has 1 spiro atoms. The monoisotopic (exact) mass is 253 g/mol. The van der Waals surface area contributed by atoms with Crippen LogP contribution in [0, 0.1) is 11.8 Å². The molecule has 2 aliphatic carbocycles. The summed E-state index contributed by atoms with van der Waals surface area (Å²) in [6.45, 7) is 2.49. The summed E-state index contributed by atoms with van der Waals surface area (Å²) in [5, 5.41) is 3.28. The molecular formula is C15H24FNO. The van der Waals surface area contributed by atoms with Crippen molar-refractivity contribution in [2.24, 2.45) is 11.8 Å². The van der Waals surface area contributed by atoms with E-state index < -0.39 is 5.67 Å². The van der Waals surface area contributed by atoms with E-state index in [0.717, 1.165) is 31.6 Å². The average Bonchev–Trinajstić information content (AvgIpc) is 2.83. The summed E-state index contributed by atoms with van der Waals surface area (Å²) in [4.78, 5) is 12.2. The highest BCUT2D eigenvalue weighted by atomic mass is 19.1. The van der Waals surface area contributed by atoms with E-state index in [1.807, 2.05) is 0 Å². The fourth-order valence-electron chi connectivity index (χ4n) is 4.10. The van der Waals surface area contributed by atoms with E-state index in [-0.39, 0.29) is 17.9 Å². The van der Waals surface area contributed by atoms with Crippen molar-refractivity contribution in [1.82, 2.24) is 5.32 Å². The standard InChI is InChI=1S/C15H24FNO/c1-11-3-4-12(7-11)8-13(18)15(16)9-14(17-10-15)5-2-6-14/h11-12,17H,2-10H2,1H3/t11?,12-,15-/m1/s1. The van der Waals surface area contributed by atoms with Gasteiger partial charge in [0.05, 0.1) is 0 Å². The summed E-state index contributed by atoms with van der Waals surface area (Å²) in [6.07, 6.45) is 7.61. The van der Waals surface area contributed by atoms with E-state index in [0.29, 0.717) is 18.8 Å². The molecule has 0 amide bonds. The van der Waals surface area contributed by atoms with Gasteiger partial charge < -0.3 is 5.32 Å². The number of carbonyl (C=O) groups excluding carboxylic acids is 1. The molecule has 0 bridgehead atoms. The number of hydrogen-bond acceptors (Lipinski definition) is 2. The normalized spacial score (nSPS) is 42.1. The Balaban J connectivity index is 1.58. The molecule has 0 aromatic heterocycles. The molecule has 1 unspecified atom stereocenters. The van der Waals surface area contributed by atoms with Gasteiger partial charge in [-0.2, -0.15) is 0 Å². The van der Waals surface area contributed by atoms with Gasteiger partial charge in [-0.05, 0) is 43.9 Å². The predicted octanol–water partition coefficient (Wildman–Crippen LogP) is 3.01. The van der Waals surface area contributed by atoms with Crippen LogP contribution in [0.3, 0.4) is 0 Å². The molecule has 3 atom stereocenters. The van der Waals surface area contributed by atoms with E-state index in [1.54, 1.807) is 0 Å². The molecule has 18 heavy (non-hydrogen) atoms. The first-order valence-electron chi connectivity index (χ1n) is 7.49. The number of alkyl halides is 1. The van der Waals surface area contributed by atoms with E-state index in [2.05, 4.69) is 12.2 Å². The van der Waals surface area contributed by atoms with Gasteiger partial charge in [-0.3, -0.25) is 4.79 Å². The van der Waals surface area contributed by atoms with Crippen LogP contribution < -0.4 is 5.32 Å². The van der Waals surface area contributed by atoms with E-state index in [1.165, 1.54) is 12.8 Å². The first kappa shape index (κ1) is 12.6. The van der Waals surface area contributed by atoms with Crippen molar-refractivity contribution >= 4 is 5.78 Å². The van der Waals surface area contributed by atoms with Crippen molar-refractivity contribution in [3.63, 3.8) is 0 Å². The van der Waals surface area contributed by atoms with Gasteiger partial charge in [0.15, 0.2) is 11.5 Å². The molecule has 0 aromatic carbocycles. The molecule has 2 saturated carbocycles. The highest BCUT2D eigenvalue weighted by Crippen LogP contribution is 2.45. The lowest BCUT2D eigenvalue weighted by Crippen LogP contribution is -2.46. The molecule has 1 saturated heterocycles. The van der Waals surface area contributed by atoms with Gasteiger partial charge in [0.25, 0.3) is 0 Å². The molecule has 0 aromatic rings. The Hall–Kier alpha value is -0.440. The maximum atomic E-state index is 14.8. The molecule has 1 heterocycles. The number of carbonyl (C=O) groups is 1. The highest BCUT2D eigenvalue weighted by molar-refractivity contribution is 5.88. The molecule has 1 aliphatic heterocycles. The molecule has 1 N–H and O–H groups in total. The summed E-state index contributed by atoms with van der Waals surface area (Å²) in [5.41, 5.74) is -1.58. The first-order chi connectivity index (χ1) is 8.51. The van der Waals surface area contributed by atoms with Crippen LogP contribution in [0.15, 0.2) is 0 Å². The lowest BCUT2D eigenvalue weighted by molar-refractivity contribution is -0.130. The fourth-order valence-corrected chi connectivity index (χ4v) is 4.10. The van der Waals surface area contributed by atoms with Crippen molar-refractivity contribution in [3.05, 3.63) is 0 Å². The summed E-state index contributed by atoms with van der Waals surface area (Å²) in [7, 11) is 0. The Morgan fingerprint density at radius 3 is 2.67 bits per heavy atom. The summed E-state index contributed by atoms with van der Waals surface area (Å²) in [5.74, 6) is 1.04. The largest absolute Gasteiger partial charge is 0.307 e. The third-order valence-electron chi connectivity index (χ3n) is 5.45. The third-order valence-corrected chi connectivity index (χ3v) is 5.45. The first-order valence-corrected chi connectivity index (χ1v) is 7.49. The zero-order valence-corrected chi connectivity index (χ0v) is 11.3. The van der Waals surface area contributed by atoms with Crippen LogP contribution in [0.4, 0.5) is 4.39 Å². The Labute approximate surface area is 109 Å². The number of ketones is 1. The minimum Gasteiger partial charge on any atom is -0.307 e. The smallest absolute Gasteiger partial charge is 0.182 e. The van der Waals surface area contributed by atoms with Gasteiger partial charge in [-0.25, -0.2) is 4.39 Å². The second kappa shape index (κ2) is 4.29. The topological polar surface area (TPSA) is 29.1 Å². The fraction of sp³-hybridized carbons (Fsp3) is 0.933. The minimum absolute atomic E-state index is 0.0205. The number of halogens is 1. The second-order valence-corrected chi connectivity index (χ2v) is 7.04. The number of rotatable bonds is 3. The SMILES string of the molecule is CC1CC[C@@H](CC(=O)[C@]2(F)CNC3(CCC3)C2)C1. The quantitative estimate of drug-likeness (QED) is 0.837. The Morgan fingerprint density at radius 2 is 2.17 bits per heavy atom. The summed E-state index contributed by atoms with van der Waals surface area (Å²) in [6, 6.07) is 0. The number of Topliss-reactive ketones (excluding diaryl/α,β-unsaturated/α-hetero) is 1. The molecule has 102 valence electrons. The van der Waals surface area contributed by atoms with E-state index in [4.69, 9.17) is 0 Å². The van der Waals surface area contributed by atoms with Gasteiger partial charge in [0.2, 0.25) is 0 Å². The lowest BCUT2D eigenvalue weighted by Gasteiger charge is -2.38. The van der Waals surface area contributed by atoms with Crippen LogP contribution >= 0.6 is 0 Å². The van der Waals surface area contributed by atoms with Crippen LogP contribution in [0.5, 0.6) is 0 Å². The molecular weight excluding hydrogens is 229 g/mol. The predicted molar refractivity (Wildman–Crippen MR) is 69.2 cm³/mol. The van der Waals surface area contributed by atoms with Gasteiger partial charge >= 0.3 is 0 Å². The molecule has 3 aliphatic rings. The second-order valence-electron chi connectivity index (χ2n) is 7.04. The average molecular weight is 253 g/mol. The number of nitrogens with one attached hydrogen (secondary N) is 1. The zero-order chi connectivity index (χ0) is 12.8. The van der Waals surface area contributed by atoms with Crippen LogP contribution in [-0.4, -0.2) is 23.5 Å². The zero-order valence-electron chi connectivity index (χ0n) is 11.3. The molecule has 3 rings (SSSR count). The lowest BCUT2D eigenvalue weighted by atomic mass is 9.73. The Morgan fingerprint density at radius 1 is 1.39 bits per heavy atom. The molecule has 3 fully saturated rings. The van der Waals surface area contributed by atoms with E-state index in [9.17, 15) is 9.18 Å². The summed E-state index contributed by atoms with van der Waals surface area (Å²) >= 11 is 0. The van der Waals surface area contributed by atoms with Crippen LogP contribution in [0.1, 0.15) is 58.3 Å². The van der Waals surface area contributed by atoms with Gasteiger partial charge in [-0.15, -0.1) is 0 Å². The number of hydrogen-bond donors (Lipinski definition) is 1. The van der Waals surface area contributed by atoms with Crippen molar-refractivity contribution in [1.29, 1.82) is 0 Å². The van der Waals surface area contributed by atoms with Gasteiger partial charge in [0.1, 0.15) is 0 Å². The molecule has 2 nitrogen and oxygen atoms in total. The molecule has 3 heteroatoms. The van der Waals surface area contributed by atoms with E-state index >= 15 is 0 Å².